The summed E-state index contributed by atoms with van der Waals surface area (Å²) < 4.78 is 4.60. The van der Waals surface area contributed by atoms with Crippen LogP contribution in [0.2, 0.25) is 0 Å². The first-order valence-electron chi connectivity index (χ1n) is 5.15. The number of methoxy groups -OCH3 is 1. The first kappa shape index (κ1) is 12.2. The van der Waals surface area contributed by atoms with Gasteiger partial charge in [-0.3, -0.25) is 0 Å². The first-order chi connectivity index (χ1) is 7.69. The minimum absolute atomic E-state index is 0.337. The lowest BCUT2D eigenvalue weighted by molar-refractivity contribution is -0.136. The van der Waals surface area contributed by atoms with E-state index in [-0.39, 0.29) is 5.97 Å². The number of esters is 1. The highest BCUT2D eigenvalue weighted by Crippen LogP contribution is 2.14. The van der Waals surface area contributed by atoms with Crippen LogP contribution in [0.15, 0.2) is 43.0 Å². The van der Waals surface area contributed by atoms with E-state index in [1.54, 1.807) is 0 Å². The van der Waals surface area contributed by atoms with Crippen LogP contribution < -0.4 is 0 Å². The average molecular weight is 216 g/mol. The van der Waals surface area contributed by atoms with Gasteiger partial charge in [-0.15, -0.1) is 0 Å². The number of carbonyl (C=O) groups is 1. The van der Waals surface area contributed by atoms with E-state index >= 15 is 0 Å². The molecule has 0 aromatic heterocycles. The number of ether oxygens (including phenoxy) is 1. The second-order valence-electron chi connectivity index (χ2n) is 3.50. The summed E-state index contributed by atoms with van der Waals surface area (Å²) in [6, 6.07) is 7.98. The highest BCUT2D eigenvalue weighted by molar-refractivity contribution is 5.87. The summed E-state index contributed by atoms with van der Waals surface area (Å²) in [5.74, 6) is -0.337. The number of hydrogen-bond acceptors (Lipinski definition) is 2. The van der Waals surface area contributed by atoms with Crippen LogP contribution in [-0.4, -0.2) is 13.1 Å². The minimum atomic E-state index is -0.337. The quantitative estimate of drug-likeness (QED) is 0.558. The summed E-state index contributed by atoms with van der Waals surface area (Å²) in [5, 5.41) is 0. The zero-order chi connectivity index (χ0) is 12.0. The smallest absolute Gasteiger partial charge is 0.333 e. The van der Waals surface area contributed by atoms with Crippen molar-refractivity contribution in [2.75, 3.05) is 7.11 Å². The Morgan fingerprint density at radius 1 is 1.44 bits per heavy atom. The number of hydrogen-bond donors (Lipinski definition) is 0. The molecule has 1 rings (SSSR count). The van der Waals surface area contributed by atoms with Crippen LogP contribution in [0.3, 0.4) is 0 Å². The lowest BCUT2D eigenvalue weighted by Gasteiger charge is -2.06. The van der Waals surface area contributed by atoms with Gasteiger partial charge in [0.05, 0.1) is 7.11 Å². The fourth-order valence-corrected chi connectivity index (χ4v) is 1.49. The van der Waals surface area contributed by atoms with Crippen LogP contribution in [-0.2, 0) is 16.0 Å². The molecule has 0 unspecified atom stereocenters. The molecule has 0 aliphatic heterocycles. The van der Waals surface area contributed by atoms with Gasteiger partial charge in [0.25, 0.3) is 0 Å². The fourth-order valence-electron chi connectivity index (χ4n) is 1.49. The van der Waals surface area contributed by atoms with Crippen molar-refractivity contribution < 1.29 is 9.53 Å². The van der Waals surface area contributed by atoms with E-state index in [0.717, 1.165) is 12.0 Å². The maximum Gasteiger partial charge on any atom is 0.333 e. The summed E-state index contributed by atoms with van der Waals surface area (Å²) in [6.45, 7) is 7.45. The van der Waals surface area contributed by atoms with Crippen molar-refractivity contribution in [2.45, 2.75) is 12.8 Å². The Hall–Kier alpha value is -1.83. The molecule has 1 aromatic carbocycles. The van der Waals surface area contributed by atoms with E-state index in [9.17, 15) is 4.79 Å². The van der Waals surface area contributed by atoms with Gasteiger partial charge in [-0.25, -0.2) is 4.79 Å². The molecule has 0 amide bonds. The van der Waals surface area contributed by atoms with Crippen LogP contribution in [0.4, 0.5) is 0 Å². The number of aryl methyl sites for hydroxylation is 1. The molecular weight excluding hydrogens is 200 g/mol. The summed E-state index contributed by atoms with van der Waals surface area (Å²) in [5.41, 5.74) is 2.77. The van der Waals surface area contributed by atoms with Crippen LogP contribution in [0.25, 0.3) is 6.08 Å². The van der Waals surface area contributed by atoms with Gasteiger partial charge in [-0.05, 0) is 24.0 Å². The molecular formula is C14H16O2. The van der Waals surface area contributed by atoms with Gasteiger partial charge >= 0.3 is 5.97 Å². The van der Waals surface area contributed by atoms with Crippen LogP contribution >= 0.6 is 0 Å². The van der Waals surface area contributed by atoms with Crippen molar-refractivity contribution >= 4 is 12.0 Å². The van der Waals surface area contributed by atoms with Crippen LogP contribution in [0.5, 0.6) is 0 Å². The molecule has 0 radical (unpaired) electrons. The summed E-state index contributed by atoms with van der Waals surface area (Å²) in [4.78, 5) is 11.1. The van der Waals surface area contributed by atoms with Crippen molar-refractivity contribution in [3.8, 4) is 0 Å². The molecule has 0 saturated carbocycles. The normalized spacial score (nSPS) is 9.56. The molecule has 0 fully saturated rings. The van der Waals surface area contributed by atoms with Crippen molar-refractivity contribution in [2.24, 2.45) is 0 Å². The van der Waals surface area contributed by atoms with E-state index in [4.69, 9.17) is 0 Å². The molecule has 2 nitrogen and oxygen atoms in total. The molecule has 0 aliphatic carbocycles. The second-order valence-corrected chi connectivity index (χ2v) is 3.50. The molecule has 0 atom stereocenters. The zero-order valence-electron chi connectivity index (χ0n) is 9.53. The molecule has 0 spiro atoms. The first-order valence-corrected chi connectivity index (χ1v) is 5.15. The molecule has 2 heteroatoms. The number of benzene rings is 1. The van der Waals surface area contributed by atoms with Gasteiger partial charge in [0.15, 0.2) is 0 Å². The maximum atomic E-state index is 11.1. The van der Waals surface area contributed by atoms with Crippen molar-refractivity contribution in [3.63, 3.8) is 0 Å². The Morgan fingerprint density at radius 3 is 2.75 bits per heavy atom. The largest absolute Gasteiger partial charge is 0.466 e. The van der Waals surface area contributed by atoms with Gasteiger partial charge in [0, 0.05) is 5.57 Å². The highest BCUT2D eigenvalue weighted by atomic mass is 16.5. The third kappa shape index (κ3) is 3.09. The minimum Gasteiger partial charge on any atom is -0.466 e. The van der Waals surface area contributed by atoms with E-state index in [0.29, 0.717) is 12.0 Å². The summed E-state index contributed by atoms with van der Waals surface area (Å²) in [6.07, 6.45) is 3.20. The van der Waals surface area contributed by atoms with E-state index in [1.807, 2.05) is 30.3 Å². The number of carbonyl (C=O) groups excluding carboxylic acids is 1. The van der Waals surface area contributed by atoms with Crippen molar-refractivity contribution in [1.82, 2.24) is 0 Å². The van der Waals surface area contributed by atoms with E-state index in [2.05, 4.69) is 17.9 Å². The Bertz CT molecular complexity index is 405. The monoisotopic (exact) mass is 216 g/mol. The van der Waals surface area contributed by atoms with E-state index < -0.39 is 0 Å². The van der Waals surface area contributed by atoms with Gasteiger partial charge < -0.3 is 4.74 Å². The summed E-state index contributed by atoms with van der Waals surface area (Å²) >= 11 is 0. The molecule has 1 aromatic rings. The zero-order valence-corrected chi connectivity index (χ0v) is 9.53. The van der Waals surface area contributed by atoms with Crippen molar-refractivity contribution in [1.29, 1.82) is 0 Å². The van der Waals surface area contributed by atoms with Gasteiger partial charge in [0.2, 0.25) is 0 Å². The summed E-state index contributed by atoms with van der Waals surface area (Å²) in [7, 11) is 1.37. The molecule has 0 N–H and O–H groups in total. The maximum absolute atomic E-state index is 11.1. The van der Waals surface area contributed by atoms with Crippen LogP contribution in [0, 0.1) is 0 Å². The van der Waals surface area contributed by atoms with E-state index in [1.165, 1.54) is 12.7 Å². The number of rotatable bonds is 5. The molecule has 0 heterocycles. The van der Waals surface area contributed by atoms with Crippen LogP contribution in [0.1, 0.15) is 17.5 Å². The van der Waals surface area contributed by atoms with Gasteiger partial charge in [-0.1, -0.05) is 43.5 Å². The highest BCUT2D eigenvalue weighted by Gasteiger charge is 2.07. The lowest BCUT2D eigenvalue weighted by Crippen LogP contribution is -2.04. The molecule has 0 bridgehead atoms. The third-order valence-corrected chi connectivity index (χ3v) is 2.45. The van der Waals surface area contributed by atoms with Gasteiger partial charge in [0.1, 0.15) is 0 Å². The third-order valence-electron chi connectivity index (χ3n) is 2.45. The predicted molar refractivity (Wildman–Crippen MR) is 66.0 cm³/mol. The Balaban J connectivity index is 2.64. The SMILES string of the molecule is C=Cc1ccccc1CCC(=C)C(=O)OC. The molecule has 16 heavy (non-hydrogen) atoms. The van der Waals surface area contributed by atoms with Crippen molar-refractivity contribution in [3.05, 3.63) is 54.1 Å². The molecule has 0 aliphatic rings. The fraction of sp³-hybridized carbons (Fsp3) is 0.214. The molecule has 84 valence electrons. The predicted octanol–water partition coefficient (Wildman–Crippen LogP) is 2.99. The topological polar surface area (TPSA) is 26.3 Å². The Labute approximate surface area is 96.2 Å². The Kier molecular flexibility index (Phi) is 4.52. The molecule has 0 saturated heterocycles. The van der Waals surface area contributed by atoms with Gasteiger partial charge in [-0.2, -0.15) is 0 Å². The average Bonchev–Trinajstić information content (AvgIpc) is 2.35. The lowest BCUT2D eigenvalue weighted by atomic mass is 10.0. The standard InChI is InChI=1S/C14H16O2/c1-4-12-7-5-6-8-13(12)10-9-11(2)14(15)16-3/h4-8H,1-2,9-10H2,3H3. The second kappa shape index (κ2) is 5.91. The Morgan fingerprint density at radius 2 is 2.12 bits per heavy atom.